The maximum Gasteiger partial charge on any atom is 0.282 e. The Morgan fingerprint density at radius 1 is 1.02 bits per heavy atom. The Kier molecular flexibility index (Phi) is 7.72. The van der Waals surface area contributed by atoms with Gasteiger partial charge in [-0.3, -0.25) is 19.3 Å². The van der Waals surface area contributed by atoms with E-state index in [1.165, 1.54) is 16.8 Å². The number of Topliss-reactive ketones (excluding diaryl/α,β-unsaturated/α-hetero) is 1. The average Bonchev–Trinajstić information content (AvgIpc) is 3.23. The molecular weight excluding hydrogens is 525 g/mol. The van der Waals surface area contributed by atoms with Crippen molar-refractivity contribution in [3.05, 3.63) is 112 Å². The van der Waals surface area contributed by atoms with Gasteiger partial charge in [-0.25, -0.2) is 9.07 Å². The van der Waals surface area contributed by atoms with Crippen LogP contribution in [-0.2, 0) is 6.42 Å². The van der Waals surface area contributed by atoms with Gasteiger partial charge in [-0.15, -0.1) is 0 Å². The number of para-hydroxylation sites is 1. The molecule has 0 unspecified atom stereocenters. The number of aromatic nitrogens is 3. The summed E-state index contributed by atoms with van der Waals surface area (Å²) in [6.45, 7) is 5.09. The lowest BCUT2D eigenvalue weighted by Gasteiger charge is -2.22. The second-order valence-electron chi connectivity index (χ2n) is 9.90. The van der Waals surface area contributed by atoms with Crippen LogP contribution in [0.1, 0.15) is 41.5 Å². The van der Waals surface area contributed by atoms with Gasteiger partial charge in [0.2, 0.25) is 0 Å². The smallest absolute Gasteiger partial charge is 0.282 e. The van der Waals surface area contributed by atoms with Gasteiger partial charge >= 0.3 is 0 Å². The number of ether oxygens (including phenoxy) is 2. The van der Waals surface area contributed by atoms with Gasteiger partial charge in [0.25, 0.3) is 5.56 Å². The van der Waals surface area contributed by atoms with Gasteiger partial charge in [0, 0.05) is 29.8 Å². The predicted molar refractivity (Wildman–Crippen MR) is 154 cm³/mol. The molecule has 2 atom stereocenters. The molecule has 0 amide bonds. The van der Waals surface area contributed by atoms with Crippen LogP contribution < -0.4 is 15.0 Å². The van der Waals surface area contributed by atoms with E-state index in [1.54, 1.807) is 93.4 Å². The Balaban J connectivity index is 1.44. The van der Waals surface area contributed by atoms with Crippen molar-refractivity contribution in [1.82, 2.24) is 14.3 Å². The summed E-state index contributed by atoms with van der Waals surface area (Å²) in [4.78, 5) is 31.4. The molecule has 0 saturated carbocycles. The standard InChI is InChI=1S/C32H30FN3O5/c1-19(21(3)37)35-20(2)31(32(39)36(35)23-8-6-5-7-9-23)28(38)17-22-10-13-30(26(33)16-22)41-29-14-15-34-27-18-24(40-4)11-12-25(27)29/h5-16,18-19,21,37H,17H2,1-4H3/t19-,21-/m1/s1. The molecule has 210 valence electrons. The zero-order valence-electron chi connectivity index (χ0n) is 23.2. The zero-order valence-corrected chi connectivity index (χ0v) is 23.2. The number of methoxy groups -OCH3 is 1. The van der Waals surface area contributed by atoms with Crippen molar-refractivity contribution in [3.8, 4) is 22.9 Å². The fourth-order valence-electron chi connectivity index (χ4n) is 4.89. The van der Waals surface area contributed by atoms with Crippen LogP contribution in [0.5, 0.6) is 17.2 Å². The third kappa shape index (κ3) is 5.36. The van der Waals surface area contributed by atoms with E-state index in [4.69, 9.17) is 9.47 Å². The first kappa shape index (κ1) is 27.8. The van der Waals surface area contributed by atoms with Crippen molar-refractivity contribution in [2.24, 2.45) is 0 Å². The number of benzene rings is 3. The SMILES string of the molecule is COc1ccc2c(Oc3ccc(CC(=O)c4c(C)n([C@H](C)[C@@H](C)O)n(-c5ccccc5)c4=O)cc3F)ccnc2c1. The number of carbonyl (C=O) groups is 1. The normalized spacial score (nSPS) is 12.7. The second kappa shape index (κ2) is 11.4. The van der Waals surface area contributed by atoms with Crippen LogP contribution in [-0.4, -0.2) is 38.5 Å². The predicted octanol–water partition coefficient (Wildman–Crippen LogP) is 5.80. The molecule has 5 aromatic rings. The number of rotatable bonds is 9. The highest BCUT2D eigenvalue weighted by molar-refractivity contribution is 5.98. The Morgan fingerprint density at radius 2 is 1.78 bits per heavy atom. The van der Waals surface area contributed by atoms with Crippen LogP contribution in [0.25, 0.3) is 16.6 Å². The monoisotopic (exact) mass is 555 g/mol. The van der Waals surface area contributed by atoms with Gasteiger partial charge in [-0.2, -0.15) is 0 Å². The number of aliphatic hydroxyl groups is 1. The van der Waals surface area contributed by atoms with E-state index in [9.17, 15) is 14.7 Å². The van der Waals surface area contributed by atoms with E-state index in [0.717, 1.165) is 0 Å². The summed E-state index contributed by atoms with van der Waals surface area (Å²) >= 11 is 0. The number of halogens is 1. The highest BCUT2D eigenvalue weighted by Crippen LogP contribution is 2.32. The van der Waals surface area contributed by atoms with E-state index in [2.05, 4.69) is 4.98 Å². The van der Waals surface area contributed by atoms with Crippen LogP contribution in [0.15, 0.2) is 83.8 Å². The third-order valence-corrected chi connectivity index (χ3v) is 7.18. The molecule has 8 nitrogen and oxygen atoms in total. The number of carbonyl (C=O) groups excluding carboxylic acids is 1. The molecule has 0 aliphatic carbocycles. The third-order valence-electron chi connectivity index (χ3n) is 7.18. The molecule has 41 heavy (non-hydrogen) atoms. The summed E-state index contributed by atoms with van der Waals surface area (Å²) in [6, 6.07) is 19.7. The molecule has 9 heteroatoms. The van der Waals surface area contributed by atoms with E-state index in [-0.39, 0.29) is 17.7 Å². The van der Waals surface area contributed by atoms with E-state index < -0.39 is 29.3 Å². The molecule has 0 spiro atoms. The zero-order chi connectivity index (χ0) is 29.3. The first-order chi connectivity index (χ1) is 19.7. The molecule has 0 radical (unpaired) electrons. The first-order valence-electron chi connectivity index (χ1n) is 13.2. The average molecular weight is 556 g/mol. The van der Waals surface area contributed by atoms with Gasteiger partial charge in [-0.05, 0) is 68.8 Å². The summed E-state index contributed by atoms with van der Waals surface area (Å²) in [5.41, 5.74) is 1.54. The van der Waals surface area contributed by atoms with Crippen LogP contribution in [0.3, 0.4) is 0 Å². The quantitative estimate of drug-likeness (QED) is 0.231. The van der Waals surface area contributed by atoms with E-state index in [1.807, 2.05) is 6.07 Å². The summed E-state index contributed by atoms with van der Waals surface area (Å²) < 4.78 is 29.3. The minimum atomic E-state index is -0.778. The topological polar surface area (TPSA) is 95.6 Å². The van der Waals surface area contributed by atoms with Crippen molar-refractivity contribution in [2.75, 3.05) is 7.11 Å². The van der Waals surface area contributed by atoms with E-state index in [0.29, 0.717) is 39.3 Å². The van der Waals surface area contributed by atoms with Gasteiger partial charge in [0.1, 0.15) is 17.1 Å². The Labute approximate surface area is 236 Å². The molecule has 5 rings (SSSR count). The van der Waals surface area contributed by atoms with Crippen LogP contribution in [0.2, 0.25) is 0 Å². The van der Waals surface area contributed by atoms with Crippen LogP contribution >= 0.6 is 0 Å². The Morgan fingerprint density at radius 3 is 2.46 bits per heavy atom. The number of aliphatic hydroxyl groups excluding tert-OH is 1. The fourth-order valence-corrected chi connectivity index (χ4v) is 4.89. The van der Waals surface area contributed by atoms with Crippen molar-refractivity contribution in [3.63, 3.8) is 0 Å². The summed E-state index contributed by atoms with van der Waals surface area (Å²) in [5.74, 6) is -0.0396. The highest BCUT2D eigenvalue weighted by Gasteiger charge is 2.27. The number of nitrogens with zero attached hydrogens (tertiary/aromatic N) is 3. The van der Waals surface area contributed by atoms with Gasteiger partial charge in [-0.1, -0.05) is 24.3 Å². The van der Waals surface area contributed by atoms with Crippen LogP contribution in [0, 0.1) is 12.7 Å². The first-order valence-corrected chi connectivity index (χ1v) is 13.2. The molecule has 0 fully saturated rings. The van der Waals surface area contributed by atoms with Crippen molar-refractivity contribution < 1.29 is 23.8 Å². The maximum atomic E-state index is 15.2. The molecule has 2 heterocycles. The largest absolute Gasteiger partial charge is 0.497 e. The maximum absolute atomic E-state index is 15.2. The number of ketones is 1. The van der Waals surface area contributed by atoms with Crippen molar-refractivity contribution in [1.29, 1.82) is 0 Å². The highest BCUT2D eigenvalue weighted by atomic mass is 19.1. The molecule has 2 aromatic heterocycles. The van der Waals surface area contributed by atoms with Crippen LogP contribution in [0.4, 0.5) is 4.39 Å². The number of pyridine rings is 1. The summed E-state index contributed by atoms with van der Waals surface area (Å²) in [7, 11) is 1.56. The van der Waals surface area contributed by atoms with Crippen molar-refractivity contribution in [2.45, 2.75) is 39.3 Å². The lowest BCUT2D eigenvalue weighted by molar-refractivity contribution is 0.0990. The summed E-state index contributed by atoms with van der Waals surface area (Å²) in [5, 5.41) is 11.0. The number of hydrogen-bond donors (Lipinski definition) is 1. The minimum absolute atomic E-state index is 0.000714. The molecule has 0 bridgehead atoms. The lowest BCUT2D eigenvalue weighted by atomic mass is 10.0. The molecule has 0 saturated heterocycles. The van der Waals surface area contributed by atoms with Crippen molar-refractivity contribution >= 4 is 16.7 Å². The van der Waals surface area contributed by atoms with E-state index >= 15 is 4.39 Å². The number of hydrogen-bond acceptors (Lipinski definition) is 6. The van der Waals surface area contributed by atoms with Gasteiger partial charge in [0.05, 0.1) is 30.5 Å². The lowest BCUT2D eigenvalue weighted by Crippen LogP contribution is -2.29. The molecule has 0 aliphatic heterocycles. The molecular formula is C32H30FN3O5. The van der Waals surface area contributed by atoms with Gasteiger partial charge in [0.15, 0.2) is 17.3 Å². The number of fused-ring (bicyclic) bond motifs is 1. The fraction of sp³-hybridized carbons (Fsp3) is 0.219. The summed E-state index contributed by atoms with van der Waals surface area (Å²) in [6.07, 6.45) is 0.601. The molecule has 3 aromatic carbocycles. The Bertz CT molecular complexity index is 1790. The molecule has 1 N–H and O–H groups in total. The van der Waals surface area contributed by atoms with Gasteiger partial charge < -0.3 is 14.6 Å². The Hall–Kier alpha value is -4.76. The second-order valence-corrected chi connectivity index (χ2v) is 9.90. The molecule has 0 aliphatic rings. The minimum Gasteiger partial charge on any atom is -0.497 e.